The van der Waals surface area contributed by atoms with Crippen LogP contribution in [0.25, 0.3) is 6.08 Å². The Kier molecular flexibility index (Phi) is 9.94. The number of para-hydroxylation sites is 1. The number of benzene rings is 3. The molecule has 1 atom stereocenters. The van der Waals surface area contributed by atoms with E-state index in [4.69, 9.17) is 23.9 Å². The van der Waals surface area contributed by atoms with Crippen molar-refractivity contribution in [2.75, 3.05) is 13.7 Å². The Bertz CT molecular complexity index is 1960. The second kappa shape index (κ2) is 13.9. The maximum absolute atomic E-state index is 14.2. The van der Waals surface area contributed by atoms with E-state index in [9.17, 15) is 9.59 Å². The van der Waals surface area contributed by atoms with Gasteiger partial charge >= 0.3 is 5.97 Å². The van der Waals surface area contributed by atoms with E-state index in [1.807, 2.05) is 75.4 Å². The highest BCUT2D eigenvalue weighted by Crippen LogP contribution is 2.38. The van der Waals surface area contributed by atoms with Crippen LogP contribution in [0.3, 0.4) is 0 Å². The van der Waals surface area contributed by atoms with Gasteiger partial charge < -0.3 is 18.9 Å². The number of aryl methyl sites for hydroxylation is 1. The SMILES string of the molecule is CCOC(=O)C1=C(C)N=c2s/c(=C/c3cc(Br)c(OCc4cccc(C)c4)c(OC)c3)c(=O)n2[C@H]1c1ccccc1OC(C)C. The highest BCUT2D eigenvalue weighted by Gasteiger charge is 2.35. The number of halogens is 1. The summed E-state index contributed by atoms with van der Waals surface area (Å²) in [5.41, 5.74) is 4.11. The minimum Gasteiger partial charge on any atom is -0.493 e. The third-order valence-electron chi connectivity index (χ3n) is 7.11. The van der Waals surface area contributed by atoms with E-state index in [0.717, 1.165) is 16.7 Å². The van der Waals surface area contributed by atoms with Crippen LogP contribution in [-0.4, -0.2) is 30.4 Å². The minimum absolute atomic E-state index is 0.115. The van der Waals surface area contributed by atoms with Crippen LogP contribution in [0.2, 0.25) is 0 Å². The van der Waals surface area contributed by atoms with Gasteiger partial charge in [0, 0.05) is 5.56 Å². The fourth-order valence-corrected chi connectivity index (χ4v) is 6.85. The molecule has 1 aromatic heterocycles. The number of carbonyl (C=O) groups excluding carboxylic acids is 1. The van der Waals surface area contributed by atoms with Gasteiger partial charge in [-0.25, -0.2) is 9.79 Å². The number of allylic oxidation sites excluding steroid dienone is 1. The molecule has 0 radical (unpaired) electrons. The third-order valence-corrected chi connectivity index (χ3v) is 8.68. The summed E-state index contributed by atoms with van der Waals surface area (Å²) >= 11 is 4.89. The van der Waals surface area contributed by atoms with Crippen molar-refractivity contribution in [3.05, 3.63) is 118 Å². The standard InChI is InChI=1S/C35H35BrN2O6S/c1-7-42-34(40)30-22(5)37-35-38(31(30)25-13-8-9-14-27(25)44-20(2)3)33(39)29(45-35)18-24-16-26(36)32(28(17-24)41-6)43-19-23-12-10-11-21(4)15-23/h8-18,20,31H,7,19H2,1-6H3/b29-18+/t31-/m0/s1. The lowest BCUT2D eigenvalue weighted by Gasteiger charge is -2.26. The Morgan fingerprint density at radius 2 is 1.87 bits per heavy atom. The molecule has 0 saturated carbocycles. The first-order chi connectivity index (χ1) is 21.6. The van der Waals surface area contributed by atoms with Crippen LogP contribution in [0.4, 0.5) is 0 Å². The van der Waals surface area contributed by atoms with E-state index in [1.165, 1.54) is 11.3 Å². The molecule has 45 heavy (non-hydrogen) atoms. The maximum atomic E-state index is 14.2. The average Bonchev–Trinajstić information content (AvgIpc) is 3.29. The van der Waals surface area contributed by atoms with Crippen LogP contribution >= 0.6 is 27.3 Å². The second-order valence-corrected chi connectivity index (χ2v) is 12.7. The lowest BCUT2D eigenvalue weighted by atomic mass is 9.95. The summed E-state index contributed by atoms with van der Waals surface area (Å²) in [6.45, 7) is 9.98. The van der Waals surface area contributed by atoms with Gasteiger partial charge in [-0.2, -0.15) is 0 Å². The van der Waals surface area contributed by atoms with Crippen LogP contribution in [0.1, 0.15) is 56.0 Å². The van der Waals surface area contributed by atoms with E-state index in [0.29, 0.717) is 54.5 Å². The molecule has 0 N–H and O–H groups in total. The van der Waals surface area contributed by atoms with Crippen molar-refractivity contribution in [3.63, 3.8) is 0 Å². The molecule has 4 aromatic rings. The zero-order valence-corrected chi connectivity index (χ0v) is 28.5. The van der Waals surface area contributed by atoms with Crippen LogP contribution in [0, 0.1) is 6.92 Å². The van der Waals surface area contributed by atoms with E-state index >= 15 is 0 Å². The van der Waals surface area contributed by atoms with Crippen molar-refractivity contribution in [1.82, 2.24) is 4.57 Å². The summed E-state index contributed by atoms with van der Waals surface area (Å²) in [6, 6.07) is 18.5. The molecule has 0 aliphatic carbocycles. The number of carbonyl (C=O) groups is 1. The monoisotopic (exact) mass is 690 g/mol. The molecule has 234 valence electrons. The highest BCUT2D eigenvalue weighted by molar-refractivity contribution is 9.10. The average molecular weight is 692 g/mol. The predicted molar refractivity (Wildman–Crippen MR) is 179 cm³/mol. The van der Waals surface area contributed by atoms with Crippen LogP contribution in [-0.2, 0) is 16.1 Å². The molecule has 2 heterocycles. The van der Waals surface area contributed by atoms with Crippen LogP contribution in [0.15, 0.2) is 86.2 Å². The van der Waals surface area contributed by atoms with Gasteiger partial charge in [0.15, 0.2) is 16.3 Å². The molecule has 0 bridgehead atoms. The highest BCUT2D eigenvalue weighted by atomic mass is 79.9. The number of aromatic nitrogens is 1. The molecular weight excluding hydrogens is 656 g/mol. The zero-order valence-electron chi connectivity index (χ0n) is 26.0. The van der Waals surface area contributed by atoms with Gasteiger partial charge in [0.2, 0.25) is 0 Å². The quantitative estimate of drug-likeness (QED) is 0.183. The van der Waals surface area contributed by atoms with Crippen molar-refractivity contribution in [3.8, 4) is 17.2 Å². The van der Waals surface area contributed by atoms with Gasteiger partial charge in [0.1, 0.15) is 18.4 Å². The minimum atomic E-state index is -0.781. The molecular formula is C35H35BrN2O6S. The molecule has 10 heteroatoms. The van der Waals surface area contributed by atoms with Gasteiger partial charge in [-0.05, 0) is 86.0 Å². The molecule has 1 aliphatic rings. The molecule has 0 unspecified atom stereocenters. The molecule has 0 spiro atoms. The number of thiazole rings is 1. The summed E-state index contributed by atoms with van der Waals surface area (Å²) in [5.74, 6) is 1.15. The van der Waals surface area contributed by atoms with Gasteiger partial charge in [-0.3, -0.25) is 9.36 Å². The van der Waals surface area contributed by atoms with Crippen molar-refractivity contribution >= 4 is 39.3 Å². The molecule has 8 nitrogen and oxygen atoms in total. The first-order valence-electron chi connectivity index (χ1n) is 14.6. The summed E-state index contributed by atoms with van der Waals surface area (Å²) in [4.78, 5) is 32.6. The Morgan fingerprint density at radius 1 is 1.09 bits per heavy atom. The zero-order chi connectivity index (χ0) is 32.2. The van der Waals surface area contributed by atoms with Gasteiger partial charge in [-0.1, -0.05) is 59.4 Å². The van der Waals surface area contributed by atoms with E-state index in [1.54, 1.807) is 31.6 Å². The fraction of sp³-hybridized carbons (Fsp3) is 0.286. The van der Waals surface area contributed by atoms with Crippen LogP contribution in [0.5, 0.6) is 17.2 Å². The fourth-order valence-electron chi connectivity index (χ4n) is 5.23. The smallest absolute Gasteiger partial charge is 0.338 e. The summed E-state index contributed by atoms with van der Waals surface area (Å²) in [6.07, 6.45) is 1.67. The van der Waals surface area contributed by atoms with E-state index < -0.39 is 12.0 Å². The number of nitrogens with zero attached hydrogens (tertiary/aromatic N) is 2. The summed E-state index contributed by atoms with van der Waals surface area (Å²) in [5, 5.41) is 0. The molecule has 1 aliphatic heterocycles. The van der Waals surface area contributed by atoms with Crippen LogP contribution < -0.4 is 29.1 Å². The summed E-state index contributed by atoms with van der Waals surface area (Å²) in [7, 11) is 1.58. The number of rotatable bonds is 10. The summed E-state index contributed by atoms with van der Waals surface area (Å²) < 4.78 is 26.1. The van der Waals surface area contributed by atoms with Crippen molar-refractivity contribution < 1.29 is 23.7 Å². The Labute approximate surface area is 274 Å². The normalized spacial score (nSPS) is 14.7. The number of hydrogen-bond acceptors (Lipinski definition) is 8. The van der Waals surface area contributed by atoms with E-state index in [2.05, 4.69) is 22.0 Å². The predicted octanol–water partition coefficient (Wildman–Crippen LogP) is 6.24. The lowest BCUT2D eigenvalue weighted by molar-refractivity contribution is -0.139. The van der Waals surface area contributed by atoms with Gasteiger partial charge in [0.05, 0.1) is 40.1 Å². The van der Waals surface area contributed by atoms with Gasteiger partial charge in [-0.15, -0.1) is 0 Å². The maximum Gasteiger partial charge on any atom is 0.338 e. The number of ether oxygens (including phenoxy) is 4. The number of esters is 1. The Hall–Kier alpha value is -4.15. The number of fused-ring (bicyclic) bond motifs is 1. The number of hydrogen-bond donors (Lipinski definition) is 0. The number of methoxy groups -OCH3 is 1. The molecule has 0 saturated heterocycles. The molecule has 3 aromatic carbocycles. The Morgan fingerprint density at radius 3 is 2.58 bits per heavy atom. The molecule has 5 rings (SSSR count). The first kappa shape index (κ1) is 32.2. The van der Waals surface area contributed by atoms with Crippen molar-refractivity contribution in [2.24, 2.45) is 4.99 Å². The van der Waals surface area contributed by atoms with Crippen molar-refractivity contribution in [2.45, 2.75) is 53.4 Å². The molecule has 0 fully saturated rings. The lowest BCUT2D eigenvalue weighted by Crippen LogP contribution is -2.40. The Balaban J connectivity index is 1.60. The molecule has 0 amide bonds. The van der Waals surface area contributed by atoms with E-state index in [-0.39, 0.29) is 18.3 Å². The van der Waals surface area contributed by atoms with Gasteiger partial charge in [0.25, 0.3) is 5.56 Å². The topological polar surface area (TPSA) is 88.4 Å². The first-order valence-corrected chi connectivity index (χ1v) is 16.2. The second-order valence-electron chi connectivity index (χ2n) is 10.8. The largest absolute Gasteiger partial charge is 0.493 e. The third kappa shape index (κ3) is 6.92. The van der Waals surface area contributed by atoms with Crippen molar-refractivity contribution in [1.29, 1.82) is 0 Å².